The molecule has 186 valence electrons. The Kier molecular flexibility index (Phi) is 8.74. The zero-order valence-electron chi connectivity index (χ0n) is 20.8. The van der Waals surface area contributed by atoms with Gasteiger partial charge in [0.1, 0.15) is 18.5 Å². The summed E-state index contributed by atoms with van der Waals surface area (Å²) in [6.07, 6.45) is 6.01. The maximum atomic E-state index is 12.4. The van der Waals surface area contributed by atoms with Crippen LogP contribution in [0.3, 0.4) is 0 Å². The van der Waals surface area contributed by atoms with Crippen molar-refractivity contribution >= 4 is 17.6 Å². The number of aryl methyl sites for hydroxylation is 2. The number of carbonyl (C=O) groups is 1. The summed E-state index contributed by atoms with van der Waals surface area (Å²) in [5.74, 6) is 0.634. The number of β-amino-alcohol motifs (C(OH)–C–C–N with tert-alkyl or cyclic N) is 1. The smallest absolute Gasteiger partial charge is 0.246 e. The van der Waals surface area contributed by atoms with Crippen molar-refractivity contribution in [3.05, 3.63) is 76.9 Å². The number of para-hydroxylation sites is 1. The van der Waals surface area contributed by atoms with Crippen LogP contribution in [0.1, 0.15) is 28.7 Å². The van der Waals surface area contributed by atoms with E-state index in [0.717, 1.165) is 25.1 Å². The van der Waals surface area contributed by atoms with Crippen molar-refractivity contribution in [3.8, 4) is 5.75 Å². The number of hydrogen-bond donors (Lipinski definition) is 1. The van der Waals surface area contributed by atoms with E-state index in [9.17, 15) is 9.90 Å². The van der Waals surface area contributed by atoms with E-state index in [1.807, 2.05) is 24.3 Å². The molecule has 1 saturated heterocycles. The number of ether oxygens (including phenoxy) is 2. The number of morpholine rings is 1. The molecular weight excluding hydrogens is 440 g/mol. The van der Waals surface area contributed by atoms with Gasteiger partial charge in [0.15, 0.2) is 0 Å². The zero-order valence-corrected chi connectivity index (χ0v) is 20.8. The van der Waals surface area contributed by atoms with Gasteiger partial charge in [-0.05, 0) is 54.7 Å². The van der Waals surface area contributed by atoms with Crippen LogP contribution in [0.4, 0.5) is 0 Å². The first-order chi connectivity index (χ1) is 17.0. The minimum atomic E-state index is -0.599. The first-order valence-electron chi connectivity index (χ1n) is 12.4. The van der Waals surface area contributed by atoms with E-state index in [0.29, 0.717) is 38.6 Å². The predicted molar refractivity (Wildman–Crippen MR) is 139 cm³/mol. The molecule has 2 aromatic carbocycles. The van der Waals surface area contributed by atoms with Crippen LogP contribution in [0.15, 0.2) is 54.6 Å². The topological polar surface area (TPSA) is 62.2 Å². The van der Waals surface area contributed by atoms with E-state index in [1.165, 1.54) is 22.3 Å². The summed E-state index contributed by atoms with van der Waals surface area (Å²) in [4.78, 5) is 16.4. The lowest BCUT2D eigenvalue weighted by Crippen LogP contribution is -2.39. The van der Waals surface area contributed by atoms with Crippen LogP contribution >= 0.6 is 0 Å². The summed E-state index contributed by atoms with van der Waals surface area (Å²) in [6.45, 7) is 9.18. The molecule has 6 heteroatoms. The molecular formula is C29H36N2O4. The SMILES string of the molecule is Cc1ccc(C2=CCN(CC(O)COc3ccccc3C=CC(=O)N3CCOCC3)CC2)cc1C. The van der Waals surface area contributed by atoms with Crippen LogP contribution in [0.2, 0.25) is 0 Å². The summed E-state index contributed by atoms with van der Waals surface area (Å²) in [5, 5.41) is 10.6. The Hall–Kier alpha value is -2.93. The number of carbonyl (C=O) groups excluding carboxylic acids is 1. The van der Waals surface area contributed by atoms with Gasteiger partial charge in [0.2, 0.25) is 5.91 Å². The molecule has 6 nitrogen and oxygen atoms in total. The summed E-state index contributed by atoms with van der Waals surface area (Å²) in [5.41, 5.74) is 6.13. The Morgan fingerprint density at radius 2 is 1.91 bits per heavy atom. The molecule has 0 aliphatic carbocycles. The molecule has 1 atom stereocenters. The van der Waals surface area contributed by atoms with E-state index in [2.05, 4.69) is 43.0 Å². The fraction of sp³-hybridized carbons (Fsp3) is 0.414. The molecule has 2 aliphatic rings. The second-order valence-corrected chi connectivity index (χ2v) is 9.31. The van der Waals surface area contributed by atoms with Crippen LogP contribution in [-0.2, 0) is 9.53 Å². The van der Waals surface area contributed by atoms with Gasteiger partial charge < -0.3 is 19.5 Å². The minimum Gasteiger partial charge on any atom is -0.490 e. The number of nitrogens with zero attached hydrogens (tertiary/aromatic N) is 2. The third-order valence-electron chi connectivity index (χ3n) is 6.72. The number of aliphatic hydroxyl groups is 1. The van der Waals surface area contributed by atoms with Gasteiger partial charge in [-0.25, -0.2) is 0 Å². The highest BCUT2D eigenvalue weighted by molar-refractivity contribution is 5.92. The van der Waals surface area contributed by atoms with Crippen molar-refractivity contribution in [2.45, 2.75) is 26.4 Å². The average Bonchev–Trinajstić information content (AvgIpc) is 2.89. The van der Waals surface area contributed by atoms with Crippen molar-refractivity contribution in [3.63, 3.8) is 0 Å². The van der Waals surface area contributed by atoms with Gasteiger partial charge in [0, 0.05) is 44.4 Å². The number of hydrogen-bond acceptors (Lipinski definition) is 5. The maximum Gasteiger partial charge on any atom is 0.246 e. The van der Waals surface area contributed by atoms with E-state index in [4.69, 9.17) is 9.47 Å². The molecule has 0 saturated carbocycles. The standard InChI is InChI=1S/C29H36N2O4/c1-22-7-8-26(19-23(22)2)24-11-13-30(14-12-24)20-27(32)21-35-28-6-4-3-5-25(28)9-10-29(33)31-15-17-34-18-16-31/h3-11,19,27,32H,12-18,20-21H2,1-2H3. The fourth-order valence-corrected chi connectivity index (χ4v) is 4.42. The quantitative estimate of drug-likeness (QED) is 0.589. The van der Waals surface area contributed by atoms with Crippen molar-refractivity contribution in [1.29, 1.82) is 0 Å². The molecule has 1 unspecified atom stereocenters. The number of rotatable bonds is 8. The fourth-order valence-electron chi connectivity index (χ4n) is 4.42. The zero-order chi connectivity index (χ0) is 24.6. The van der Waals surface area contributed by atoms with Crippen molar-refractivity contribution in [2.24, 2.45) is 0 Å². The average molecular weight is 477 g/mol. The van der Waals surface area contributed by atoms with Crippen molar-refractivity contribution in [1.82, 2.24) is 9.80 Å². The highest BCUT2D eigenvalue weighted by atomic mass is 16.5. The maximum absolute atomic E-state index is 12.4. The van der Waals surface area contributed by atoms with E-state index < -0.39 is 6.10 Å². The number of benzene rings is 2. The lowest BCUT2D eigenvalue weighted by molar-refractivity contribution is -0.129. The van der Waals surface area contributed by atoms with E-state index >= 15 is 0 Å². The molecule has 0 radical (unpaired) electrons. The van der Waals surface area contributed by atoms with Gasteiger partial charge in [-0.2, -0.15) is 0 Å². The summed E-state index contributed by atoms with van der Waals surface area (Å²) in [7, 11) is 0. The van der Waals surface area contributed by atoms with E-state index in [1.54, 1.807) is 17.1 Å². The van der Waals surface area contributed by atoms with Crippen LogP contribution in [0.25, 0.3) is 11.6 Å². The van der Waals surface area contributed by atoms with Crippen LogP contribution in [0, 0.1) is 13.8 Å². The highest BCUT2D eigenvalue weighted by Crippen LogP contribution is 2.25. The van der Waals surface area contributed by atoms with Gasteiger partial charge in [-0.1, -0.05) is 42.5 Å². The molecule has 1 N–H and O–H groups in total. The molecule has 2 aliphatic heterocycles. The second-order valence-electron chi connectivity index (χ2n) is 9.31. The minimum absolute atomic E-state index is 0.0264. The number of amides is 1. The summed E-state index contributed by atoms with van der Waals surface area (Å²) < 4.78 is 11.3. The van der Waals surface area contributed by atoms with E-state index in [-0.39, 0.29) is 12.5 Å². The molecule has 0 bridgehead atoms. The molecule has 2 aromatic rings. The van der Waals surface area contributed by atoms with Gasteiger partial charge >= 0.3 is 0 Å². The Bertz CT molecular complexity index is 1070. The largest absolute Gasteiger partial charge is 0.490 e. The van der Waals surface area contributed by atoms with Crippen LogP contribution in [-0.4, -0.2) is 79.5 Å². The van der Waals surface area contributed by atoms with Crippen molar-refractivity contribution in [2.75, 3.05) is 52.5 Å². The molecule has 2 heterocycles. The Morgan fingerprint density at radius 3 is 2.66 bits per heavy atom. The van der Waals surface area contributed by atoms with Gasteiger partial charge in [0.25, 0.3) is 0 Å². The monoisotopic (exact) mass is 476 g/mol. The van der Waals surface area contributed by atoms with Gasteiger partial charge in [0.05, 0.1) is 13.2 Å². The molecule has 4 rings (SSSR count). The van der Waals surface area contributed by atoms with Crippen molar-refractivity contribution < 1.29 is 19.4 Å². The van der Waals surface area contributed by atoms with Gasteiger partial charge in [-0.3, -0.25) is 9.69 Å². The highest BCUT2D eigenvalue weighted by Gasteiger charge is 2.18. The molecule has 1 amide bonds. The first-order valence-corrected chi connectivity index (χ1v) is 12.4. The third-order valence-corrected chi connectivity index (χ3v) is 6.72. The summed E-state index contributed by atoms with van der Waals surface area (Å²) >= 11 is 0. The predicted octanol–water partition coefficient (Wildman–Crippen LogP) is 3.70. The Balaban J connectivity index is 1.27. The number of aliphatic hydroxyl groups excluding tert-OH is 1. The van der Waals surface area contributed by atoms with Gasteiger partial charge in [-0.15, -0.1) is 0 Å². The lowest BCUT2D eigenvalue weighted by atomic mass is 9.96. The second kappa shape index (κ2) is 12.2. The first kappa shape index (κ1) is 25.2. The van der Waals surface area contributed by atoms with Crippen LogP contribution in [0.5, 0.6) is 5.75 Å². The van der Waals surface area contributed by atoms with Crippen LogP contribution < -0.4 is 4.74 Å². The Morgan fingerprint density at radius 1 is 1.11 bits per heavy atom. The lowest BCUT2D eigenvalue weighted by Gasteiger charge is -2.28. The molecule has 0 spiro atoms. The normalized spacial score (nSPS) is 17.9. The summed E-state index contributed by atoms with van der Waals surface area (Å²) in [6, 6.07) is 14.2. The molecule has 35 heavy (non-hydrogen) atoms. The Labute approximate surface area is 208 Å². The third kappa shape index (κ3) is 7.04. The molecule has 0 aromatic heterocycles. The molecule has 1 fully saturated rings.